The first-order valence-electron chi connectivity index (χ1n) is 14.2. The van der Waals surface area contributed by atoms with Crippen LogP contribution < -0.4 is 15.1 Å². The number of aryl methyl sites for hydroxylation is 1. The summed E-state index contributed by atoms with van der Waals surface area (Å²) in [6.45, 7) is 1.90. The maximum absolute atomic E-state index is 13.9. The van der Waals surface area contributed by atoms with Crippen molar-refractivity contribution in [2.75, 3.05) is 10.2 Å². The lowest BCUT2D eigenvalue weighted by molar-refractivity contribution is -0.123. The zero-order valence-electron chi connectivity index (χ0n) is 22.9. The zero-order valence-corrected chi connectivity index (χ0v) is 26.1. The number of fused-ring (bicyclic) bond motifs is 9. The number of nitrogens with zero attached hydrogens (tertiary/aromatic N) is 2. The topological polar surface area (TPSA) is 88.5 Å². The van der Waals surface area contributed by atoms with Crippen LogP contribution in [0, 0.1) is 36.5 Å². The fourth-order valence-corrected chi connectivity index (χ4v) is 12.1. The van der Waals surface area contributed by atoms with Gasteiger partial charge in [0.25, 0.3) is 0 Å². The molecule has 2 aliphatic carbocycles. The molecule has 11 heteroatoms. The molecule has 7 unspecified atom stereocenters. The summed E-state index contributed by atoms with van der Waals surface area (Å²) in [5.74, 6) is -1.14. The Morgan fingerprint density at radius 2 is 1.70 bits per heavy atom. The molecule has 3 amide bonds. The standard InChI is InChI=1S/C32H26ClN3O4S3/c1-15-4-8-17(9-5-15)34-22(37)14-35-31-28(43-32(35)40)26(21-3-2-12-41-21)23-19-13-20(27(23)42-31)25-24(19)29(38)36(30(25)39)18-10-6-16(33)7-11-18/h2-12,19-20,23-27H,13-14H2,1H3,(H,34,37). The van der Waals surface area contributed by atoms with E-state index in [4.69, 9.17) is 11.6 Å². The molecule has 2 aliphatic heterocycles. The highest BCUT2D eigenvalue weighted by atomic mass is 35.5. The smallest absolute Gasteiger partial charge is 0.308 e. The minimum Gasteiger partial charge on any atom is -0.325 e. The van der Waals surface area contributed by atoms with Gasteiger partial charge in [0, 0.05) is 31.6 Å². The Labute approximate surface area is 264 Å². The number of hydrogen-bond donors (Lipinski definition) is 1. The second-order valence-corrected chi connectivity index (χ2v) is 15.4. The van der Waals surface area contributed by atoms with Crippen LogP contribution in [0.25, 0.3) is 0 Å². The number of thioether (sulfide) groups is 1. The number of thiophene rings is 1. The molecule has 1 saturated heterocycles. The van der Waals surface area contributed by atoms with Crippen molar-refractivity contribution in [3.05, 3.63) is 96.1 Å². The summed E-state index contributed by atoms with van der Waals surface area (Å²) >= 11 is 10.6. The number of carbonyl (C=O) groups excluding carboxylic acids is 3. The molecule has 7 atom stereocenters. The van der Waals surface area contributed by atoms with E-state index in [-0.39, 0.29) is 69.9 Å². The lowest BCUT2D eigenvalue weighted by Crippen LogP contribution is -2.43. The number of amides is 3. The summed E-state index contributed by atoms with van der Waals surface area (Å²) in [5, 5.41) is 6.40. The number of benzene rings is 2. The first-order chi connectivity index (χ1) is 20.8. The molecule has 1 N–H and O–H groups in total. The summed E-state index contributed by atoms with van der Waals surface area (Å²) in [6, 6.07) is 18.6. The first kappa shape index (κ1) is 27.4. The highest BCUT2D eigenvalue weighted by Gasteiger charge is 2.70. The number of imide groups is 1. The Bertz CT molecular complexity index is 1830. The molecule has 8 rings (SSSR count). The van der Waals surface area contributed by atoms with Gasteiger partial charge in [-0.05, 0) is 78.9 Å². The van der Waals surface area contributed by atoms with Crippen molar-refractivity contribution in [3.63, 3.8) is 0 Å². The van der Waals surface area contributed by atoms with Crippen LogP contribution >= 0.6 is 46.0 Å². The predicted octanol–water partition coefficient (Wildman–Crippen LogP) is 6.25. The Morgan fingerprint density at radius 1 is 0.977 bits per heavy atom. The number of aromatic nitrogens is 1. The third-order valence-electron chi connectivity index (χ3n) is 9.52. The van der Waals surface area contributed by atoms with Gasteiger partial charge < -0.3 is 5.32 Å². The van der Waals surface area contributed by atoms with Gasteiger partial charge in [-0.15, -0.1) is 23.1 Å². The molecule has 3 fully saturated rings. The van der Waals surface area contributed by atoms with Gasteiger partial charge in [-0.2, -0.15) is 0 Å². The molecule has 4 heterocycles. The maximum Gasteiger partial charge on any atom is 0.308 e. The largest absolute Gasteiger partial charge is 0.325 e. The number of carbonyl (C=O) groups is 3. The minimum atomic E-state index is -0.379. The van der Waals surface area contributed by atoms with Gasteiger partial charge >= 0.3 is 4.87 Å². The second kappa shape index (κ2) is 10.2. The van der Waals surface area contributed by atoms with Crippen LogP contribution in [0.3, 0.4) is 0 Å². The van der Waals surface area contributed by atoms with Crippen molar-refractivity contribution in [1.82, 2.24) is 4.57 Å². The lowest BCUT2D eigenvalue weighted by atomic mass is 9.69. The average Bonchev–Trinajstić information content (AvgIpc) is 3.81. The Hall–Kier alpha value is -3.18. The van der Waals surface area contributed by atoms with Crippen molar-refractivity contribution >= 4 is 75.1 Å². The van der Waals surface area contributed by atoms with Crippen LogP contribution in [0.5, 0.6) is 0 Å². The minimum absolute atomic E-state index is 0.0131. The van der Waals surface area contributed by atoms with Gasteiger partial charge in [0.1, 0.15) is 6.54 Å². The van der Waals surface area contributed by atoms with Crippen LogP contribution in [0.1, 0.15) is 27.7 Å². The van der Waals surface area contributed by atoms with Gasteiger partial charge in [-0.1, -0.05) is 46.7 Å². The van der Waals surface area contributed by atoms with E-state index >= 15 is 0 Å². The van der Waals surface area contributed by atoms with Crippen LogP contribution in [0.4, 0.5) is 11.4 Å². The second-order valence-electron chi connectivity index (χ2n) is 11.8. The summed E-state index contributed by atoms with van der Waals surface area (Å²) in [6.07, 6.45) is 0.818. The molecule has 7 nitrogen and oxygen atoms in total. The molecule has 218 valence electrons. The molecule has 4 aliphatic rings. The van der Waals surface area contributed by atoms with Crippen LogP contribution in [0.2, 0.25) is 5.02 Å². The fourth-order valence-electron chi connectivity index (χ4n) is 7.87. The molecule has 2 aromatic heterocycles. The van der Waals surface area contributed by atoms with Crippen molar-refractivity contribution in [3.8, 4) is 0 Å². The van der Waals surface area contributed by atoms with Crippen molar-refractivity contribution in [2.45, 2.75) is 36.1 Å². The Morgan fingerprint density at radius 3 is 2.40 bits per heavy atom. The highest BCUT2D eigenvalue weighted by Crippen LogP contribution is 2.69. The molecular weight excluding hydrogens is 622 g/mol. The summed E-state index contributed by atoms with van der Waals surface area (Å²) in [4.78, 5) is 57.7. The molecule has 0 spiro atoms. The zero-order chi connectivity index (χ0) is 29.6. The normalized spacial score (nSPS) is 28.6. The van der Waals surface area contributed by atoms with Gasteiger partial charge in [-0.25, -0.2) is 0 Å². The number of nitrogens with one attached hydrogen (secondary N) is 1. The maximum atomic E-state index is 13.9. The molecule has 2 bridgehead atoms. The van der Waals surface area contributed by atoms with E-state index in [0.29, 0.717) is 16.4 Å². The highest BCUT2D eigenvalue weighted by molar-refractivity contribution is 8.00. The molecule has 0 radical (unpaired) electrons. The molecule has 2 saturated carbocycles. The van der Waals surface area contributed by atoms with Crippen LogP contribution in [0.15, 0.2) is 75.9 Å². The van der Waals surface area contributed by atoms with E-state index in [0.717, 1.165) is 26.8 Å². The van der Waals surface area contributed by atoms with Crippen LogP contribution in [-0.4, -0.2) is 27.5 Å². The quantitative estimate of drug-likeness (QED) is 0.259. The number of anilines is 2. The summed E-state index contributed by atoms with van der Waals surface area (Å²) < 4.78 is 1.61. The Kier molecular flexibility index (Phi) is 6.49. The van der Waals surface area contributed by atoms with E-state index in [1.807, 2.05) is 42.6 Å². The predicted molar refractivity (Wildman–Crippen MR) is 170 cm³/mol. The molecular formula is C32H26ClN3O4S3. The van der Waals surface area contributed by atoms with Crippen molar-refractivity contribution < 1.29 is 14.4 Å². The molecule has 2 aromatic carbocycles. The monoisotopic (exact) mass is 647 g/mol. The van der Waals surface area contributed by atoms with E-state index < -0.39 is 0 Å². The van der Waals surface area contributed by atoms with Crippen LogP contribution in [-0.2, 0) is 20.9 Å². The fraction of sp³-hybridized carbons (Fsp3) is 0.312. The summed E-state index contributed by atoms with van der Waals surface area (Å²) in [7, 11) is 0. The van der Waals surface area contributed by atoms with Gasteiger partial charge in [0.05, 0.1) is 22.5 Å². The SMILES string of the molecule is Cc1ccc(NC(=O)Cn2c3c(sc2=O)C(c2cccs2)C2C4CC(C2S3)C2C(=O)N(c3ccc(Cl)cc3)C(=O)C42)cc1. The summed E-state index contributed by atoms with van der Waals surface area (Å²) in [5.41, 5.74) is 2.34. The number of hydrogen-bond acceptors (Lipinski definition) is 7. The third-order valence-corrected chi connectivity index (χ3v) is 13.5. The molecule has 43 heavy (non-hydrogen) atoms. The van der Waals surface area contributed by atoms with Crippen molar-refractivity contribution in [1.29, 1.82) is 0 Å². The van der Waals surface area contributed by atoms with E-state index in [1.165, 1.54) is 16.2 Å². The van der Waals surface area contributed by atoms with E-state index in [9.17, 15) is 19.2 Å². The first-order valence-corrected chi connectivity index (χ1v) is 17.2. The van der Waals surface area contributed by atoms with Crippen molar-refractivity contribution in [2.24, 2.45) is 29.6 Å². The molecule has 4 aromatic rings. The van der Waals surface area contributed by atoms with E-state index in [2.05, 4.69) is 11.4 Å². The number of rotatable bonds is 5. The van der Waals surface area contributed by atoms with Gasteiger partial charge in [0.15, 0.2) is 0 Å². The van der Waals surface area contributed by atoms with Gasteiger partial charge in [0.2, 0.25) is 17.7 Å². The number of thiazole rings is 1. The number of halogens is 1. The van der Waals surface area contributed by atoms with E-state index in [1.54, 1.807) is 51.9 Å². The van der Waals surface area contributed by atoms with Gasteiger partial charge in [-0.3, -0.25) is 28.6 Å². The Balaban J connectivity index is 1.15. The third kappa shape index (κ3) is 4.21. The lowest BCUT2D eigenvalue weighted by Gasteiger charge is -2.42. The average molecular weight is 648 g/mol.